The largest absolute Gasteiger partial charge is 0.508 e. The van der Waals surface area contributed by atoms with Crippen LogP contribution in [0.4, 0.5) is 0 Å². The average Bonchev–Trinajstić information content (AvgIpc) is 3.41. The molecule has 0 aliphatic carbocycles. The van der Waals surface area contributed by atoms with Gasteiger partial charge < -0.3 is 109 Å². The van der Waals surface area contributed by atoms with Crippen molar-refractivity contribution in [3.63, 3.8) is 0 Å². The smallest absolute Gasteiger partial charge is 0.402 e. The number of ether oxygens (including phenoxy) is 8. The van der Waals surface area contributed by atoms with Gasteiger partial charge in [-0.3, -0.25) is 0 Å². The Hall–Kier alpha value is -7.21. The Kier molecular flexibility index (Phi) is 17.2. The van der Waals surface area contributed by atoms with Crippen molar-refractivity contribution in [2.45, 2.75) is 92.1 Å². The van der Waals surface area contributed by atoms with Gasteiger partial charge in [0.05, 0.1) is 18.2 Å². The van der Waals surface area contributed by atoms with Crippen LogP contribution in [0.15, 0.2) is 101 Å². The summed E-state index contributed by atoms with van der Waals surface area (Å²) in [6.45, 7) is -2.33. The molecule has 25 heteroatoms. The lowest BCUT2D eigenvalue weighted by Crippen LogP contribution is -2.65. The van der Waals surface area contributed by atoms with Crippen LogP contribution in [0.25, 0.3) is 34.4 Å². The van der Waals surface area contributed by atoms with E-state index in [0.717, 1.165) is 36.4 Å². The molecule has 406 valence electrons. The Morgan fingerprint density at radius 1 is 0.513 bits per heavy atom. The van der Waals surface area contributed by atoms with E-state index in [0.29, 0.717) is 11.1 Å². The summed E-state index contributed by atoms with van der Waals surface area (Å²) < 4.78 is 52.6. The van der Waals surface area contributed by atoms with Crippen molar-refractivity contribution >= 4 is 35.1 Å². The van der Waals surface area contributed by atoms with Crippen LogP contribution >= 0.6 is 0 Å². The quantitative estimate of drug-likeness (QED) is 0.0259. The molecule has 0 radical (unpaired) electrons. The summed E-state index contributed by atoms with van der Waals surface area (Å²) in [7, 11) is 0. The molecular formula is C51H53O25+. The molecule has 0 saturated carbocycles. The van der Waals surface area contributed by atoms with E-state index >= 15 is 0 Å². The Morgan fingerprint density at radius 3 is 1.59 bits per heavy atom. The number of esters is 2. The van der Waals surface area contributed by atoms with Crippen LogP contribution in [-0.4, -0.2) is 195 Å². The van der Waals surface area contributed by atoms with Gasteiger partial charge in [0.25, 0.3) is 0 Å². The normalized spacial score (nSPS) is 29.8. The Morgan fingerprint density at radius 2 is 1.03 bits per heavy atom. The molecular weight excluding hydrogens is 1010 g/mol. The molecule has 0 unspecified atom stereocenters. The zero-order chi connectivity index (χ0) is 54.5. The van der Waals surface area contributed by atoms with Crippen molar-refractivity contribution in [2.24, 2.45) is 0 Å². The Balaban J connectivity index is 1.13. The number of hydrogen-bond acceptors (Lipinski definition) is 24. The second kappa shape index (κ2) is 23.8. The fourth-order valence-electron chi connectivity index (χ4n) is 8.17. The van der Waals surface area contributed by atoms with Gasteiger partial charge in [-0.05, 0) is 59.7 Å². The first kappa shape index (κ1) is 55.0. The molecule has 76 heavy (non-hydrogen) atoms. The third-order valence-corrected chi connectivity index (χ3v) is 12.4. The van der Waals surface area contributed by atoms with E-state index in [-0.39, 0.29) is 39.5 Å². The first-order valence-electron chi connectivity index (χ1n) is 23.2. The van der Waals surface area contributed by atoms with Gasteiger partial charge in [-0.1, -0.05) is 24.3 Å². The summed E-state index contributed by atoms with van der Waals surface area (Å²) >= 11 is 0. The van der Waals surface area contributed by atoms with Crippen LogP contribution < -0.4 is 9.47 Å². The Labute approximate surface area is 429 Å². The Bertz CT molecular complexity index is 2880. The molecule has 3 aliphatic rings. The van der Waals surface area contributed by atoms with Crippen LogP contribution in [0.2, 0.25) is 0 Å². The third-order valence-electron chi connectivity index (χ3n) is 12.4. The minimum atomic E-state index is -2.14. The van der Waals surface area contributed by atoms with E-state index in [1.165, 1.54) is 72.8 Å². The number of carbonyl (C=O) groups is 2. The highest BCUT2D eigenvalue weighted by molar-refractivity contribution is 5.89. The monoisotopic (exact) mass is 1070 g/mol. The number of aliphatic hydroxyl groups is 9. The molecule has 15 atom stereocenters. The number of rotatable bonds is 16. The van der Waals surface area contributed by atoms with Gasteiger partial charge in [0.2, 0.25) is 18.3 Å². The van der Waals surface area contributed by atoms with Gasteiger partial charge in [0, 0.05) is 30.4 Å². The summed E-state index contributed by atoms with van der Waals surface area (Å²) in [5.41, 5.74) is 0.764. The molecule has 25 nitrogen and oxygen atoms in total. The number of hydrogen-bond donors (Lipinski definition) is 14. The van der Waals surface area contributed by atoms with Gasteiger partial charge in [-0.25, -0.2) is 14.0 Å². The number of aliphatic hydroxyl groups excluding tert-OH is 9. The highest BCUT2D eigenvalue weighted by Gasteiger charge is 2.53. The highest BCUT2D eigenvalue weighted by atomic mass is 16.8. The van der Waals surface area contributed by atoms with Crippen LogP contribution in [-0.2, 0) is 38.0 Å². The number of fused-ring (bicyclic) bond motifs is 1. The molecule has 4 heterocycles. The van der Waals surface area contributed by atoms with Crippen molar-refractivity contribution in [3.8, 4) is 51.6 Å². The van der Waals surface area contributed by atoms with Crippen molar-refractivity contribution in [1.82, 2.24) is 0 Å². The second-order valence-electron chi connectivity index (χ2n) is 17.7. The minimum absolute atomic E-state index is 0.0135. The summed E-state index contributed by atoms with van der Waals surface area (Å²) in [5, 5.41) is 149. The van der Waals surface area contributed by atoms with Crippen LogP contribution in [0.3, 0.4) is 0 Å². The van der Waals surface area contributed by atoms with Crippen LogP contribution in [0, 0.1) is 0 Å². The zero-order valence-electron chi connectivity index (χ0n) is 39.4. The first-order valence-corrected chi connectivity index (χ1v) is 23.2. The maximum Gasteiger partial charge on any atom is 0.402 e. The number of phenolic OH excluding ortho intramolecular Hbond substituents is 5. The van der Waals surface area contributed by atoms with Crippen molar-refractivity contribution in [1.29, 1.82) is 0 Å². The molecule has 14 N–H and O–H groups in total. The highest BCUT2D eigenvalue weighted by Crippen LogP contribution is 2.44. The molecule has 8 rings (SSSR count). The number of aromatic hydroxyl groups is 5. The molecule has 0 bridgehead atoms. The number of carbonyl (C=O) groups excluding carboxylic acids is 2. The van der Waals surface area contributed by atoms with Gasteiger partial charge in [0.1, 0.15) is 109 Å². The first-order chi connectivity index (χ1) is 36.3. The standard InChI is InChI=1S/C51H52O25/c52-19-34-39(60)42(63)45(66)49(73-34)71-32-17-27(55)16-31-28(32)18-33(47(70-31)24-7-12-29(56)30(57)15-24)72-51-48(44(65)41(62)36(75-51)21-69-38(59)14-6-23-3-10-26(54)11-4-23)76-50-46(67)43(64)40(61)35(74-50)20-68-37(58)13-5-22-1-8-25(53)9-2-22/h1-18,34-36,39-46,48-52,60-67H,19-21H2,(H4-,53,54,55,56,57,58,59)/p+1/t34-,35-,36-,39-,40-,41-,42+,43+,44+,45-,46-,48-,49-,50+,51-/m1/s1. The van der Waals surface area contributed by atoms with E-state index in [1.54, 1.807) is 0 Å². The summed E-state index contributed by atoms with van der Waals surface area (Å²) in [5.74, 6) is -4.76. The summed E-state index contributed by atoms with van der Waals surface area (Å²) in [4.78, 5) is 25.6. The van der Waals surface area contributed by atoms with Crippen LogP contribution in [0.5, 0.6) is 40.2 Å². The van der Waals surface area contributed by atoms with Crippen molar-refractivity contribution in [3.05, 3.63) is 108 Å². The van der Waals surface area contributed by atoms with Gasteiger partial charge in [-0.2, -0.15) is 0 Å². The summed E-state index contributed by atoms with van der Waals surface area (Å²) in [6, 6.07) is 18.3. The molecule has 5 aromatic rings. The van der Waals surface area contributed by atoms with E-state index < -0.39 is 147 Å². The van der Waals surface area contributed by atoms with E-state index in [4.69, 9.17) is 42.3 Å². The third kappa shape index (κ3) is 12.5. The van der Waals surface area contributed by atoms with Crippen molar-refractivity contribution < 1.29 is 123 Å². The fourth-order valence-corrected chi connectivity index (χ4v) is 8.17. The maximum absolute atomic E-state index is 12.9. The van der Waals surface area contributed by atoms with Gasteiger partial charge in [0.15, 0.2) is 23.9 Å². The predicted octanol–water partition coefficient (Wildman–Crippen LogP) is -0.381. The molecule has 3 aliphatic heterocycles. The second-order valence-corrected chi connectivity index (χ2v) is 17.7. The molecule has 4 aromatic carbocycles. The lowest BCUT2D eigenvalue weighted by molar-refractivity contribution is -0.358. The molecule has 3 fully saturated rings. The van der Waals surface area contributed by atoms with Gasteiger partial charge >= 0.3 is 23.3 Å². The van der Waals surface area contributed by atoms with E-state index in [1.807, 2.05) is 0 Å². The maximum atomic E-state index is 12.9. The molecule has 3 saturated heterocycles. The lowest BCUT2D eigenvalue weighted by atomic mass is 9.97. The topological polar surface area (TPSA) is 403 Å². The lowest BCUT2D eigenvalue weighted by Gasteiger charge is -2.45. The SMILES string of the molecule is O=C(C=Cc1ccc(O)cc1)OC[C@H]1O[C@@H](O[C@H]2[C@H](Oc3cc4c(O[C@@H]5O[C@H](CO)[C@@H](O)[C@H](O)[C@H]5O)cc(O)cc4[o+]c3-c3ccc(O)c(O)c3)O[C@H](COC(=O)C=Cc3ccc(O)cc3)[C@@H](O)[C@@H]2O)[C@H](O)[C@@H](O)[C@@H]1O. The fraction of sp³-hybridized carbons (Fsp3) is 0.353. The minimum Gasteiger partial charge on any atom is -0.508 e. The average molecular weight is 1070 g/mol. The summed E-state index contributed by atoms with van der Waals surface area (Å²) in [6.07, 6.45) is -23.7. The molecule has 0 spiro atoms. The van der Waals surface area contributed by atoms with Gasteiger partial charge in [-0.15, -0.1) is 0 Å². The van der Waals surface area contributed by atoms with E-state index in [9.17, 15) is 81.1 Å². The molecule has 1 aromatic heterocycles. The zero-order valence-corrected chi connectivity index (χ0v) is 39.4. The molecule has 0 amide bonds. The predicted molar refractivity (Wildman–Crippen MR) is 255 cm³/mol. The number of phenols is 5. The van der Waals surface area contributed by atoms with Crippen molar-refractivity contribution in [2.75, 3.05) is 19.8 Å². The van der Waals surface area contributed by atoms with Crippen LogP contribution in [0.1, 0.15) is 11.1 Å². The van der Waals surface area contributed by atoms with E-state index in [2.05, 4.69) is 0 Å². The number of benzene rings is 4.